The van der Waals surface area contributed by atoms with E-state index in [0.29, 0.717) is 11.7 Å². The Labute approximate surface area is 142 Å². The van der Waals surface area contributed by atoms with Gasteiger partial charge in [0.2, 0.25) is 0 Å². The fourth-order valence-electron chi connectivity index (χ4n) is 2.47. The van der Waals surface area contributed by atoms with Crippen LogP contribution >= 0.6 is 27.7 Å². The highest BCUT2D eigenvalue weighted by molar-refractivity contribution is 9.10. The lowest BCUT2D eigenvalue weighted by Crippen LogP contribution is -2.38. The Kier molecular flexibility index (Phi) is 4.69. The molecule has 1 aromatic carbocycles. The van der Waals surface area contributed by atoms with Gasteiger partial charge in [0.05, 0.1) is 6.04 Å². The standard InChI is InChI=1S/C16H16BrN3OS/c1-10-9-22-13-6-5-11(17)8-12(13)15(10)20-16(21)19-14-4-2-3-7-18-14/h2-8,10,15H,9H2,1H3,(H2,18,19,20,21). The number of halogens is 1. The van der Waals surface area contributed by atoms with Crippen LogP contribution in [0.5, 0.6) is 0 Å². The molecule has 1 aromatic heterocycles. The Morgan fingerprint density at radius 2 is 2.23 bits per heavy atom. The summed E-state index contributed by atoms with van der Waals surface area (Å²) >= 11 is 5.35. The maximum atomic E-state index is 12.2. The summed E-state index contributed by atoms with van der Waals surface area (Å²) in [5, 5.41) is 5.85. The van der Waals surface area contributed by atoms with Crippen molar-refractivity contribution >= 4 is 39.5 Å². The van der Waals surface area contributed by atoms with E-state index in [0.717, 1.165) is 15.8 Å². The SMILES string of the molecule is CC1CSc2ccc(Br)cc2C1NC(=O)Nc1ccccn1. The minimum Gasteiger partial charge on any atom is -0.331 e. The second-order valence-corrected chi connectivity index (χ2v) is 7.24. The highest BCUT2D eigenvalue weighted by Gasteiger charge is 2.28. The van der Waals surface area contributed by atoms with Gasteiger partial charge in [0.25, 0.3) is 0 Å². The molecule has 1 aliphatic rings. The first kappa shape index (κ1) is 15.4. The number of amides is 2. The third-order valence-corrected chi connectivity index (χ3v) is 5.44. The average molecular weight is 378 g/mol. The van der Waals surface area contributed by atoms with Gasteiger partial charge in [-0.2, -0.15) is 0 Å². The van der Waals surface area contributed by atoms with Gasteiger partial charge in [-0.3, -0.25) is 5.32 Å². The molecule has 0 fully saturated rings. The molecule has 4 nitrogen and oxygen atoms in total. The van der Waals surface area contributed by atoms with Crippen LogP contribution in [0.15, 0.2) is 52.0 Å². The number of carbonyl (C=O) groups is 1. The molecule has 0 bridgehead atoms. The number of hydrogen-bond donors (Lipinski definition) is 2. The van der Waals surface area contributed by atoms with Crippen molar-refractivity contribution in [3.63, 3.8) is 0 Å². The van der Waals surface area contributed by atoms with Gasteiger partial charge < -0.3 is 5.32 Å². The van der Waals surface area contributed by atoms with E-state index in [1.54, 1.807) is 12.3 Å². The number of nitrogens with one attached hydrogen (secondary N) is 2. The molecule has 2 aromatic rings. The smallest absolute Gasteiger partial charge is 0.320 e. The molecule has 2 heterocycles. The number of fused-ring (bicyclic) bond motifs is 1. The van der Waals surface area contributed by atoms with Gasteiger partial charge in [-0.15, -0.1) is 11.8 Å². The second-order valence-electron chi connectivity index (χ2n) is 5.26. The van der Waals surface area contributed by atoms with E-state index in [9.17, 15) is 4.79 Å². The lowest BCUT2D eigenvalue weighted by Gasteiger charge is -2.31. The van der Waals surface area contributed by atoms with Crippen LogP contribution in [0.2, 0.25) is 0 Å². The highest BCUT2D eigenvalue weighted by Crippen LogP contribution is 2.40. The lowest BCUT2D eigenvalue weighted by molar-refractivity contribution is 0.244. The summed E-state index contributed by atoms with van der Waals surface area (Å²) in [7, 11) is 0. The number of anilines is 1. The van der Waals surface area contributed by atoms with Gasteiger partial charge in [-0.25, -0.2) is 9.78 Å². The number of pyridine rings is 1. The minimum atomic E-state index is -0.228. The summed E-state index contributed by atoms with van der Waals surface area (Å²) in [6.45, 7) is 2.16. The number of nitrogens with zero attached hydrogens (tertiary/aromatic N) is 1. The lowest BCUT2D eigenvalue weighted by atomic mass is 9.95. The molecule has 1 aliphatic heterocycles. The maximum Gasteiger partial charge on any atom is 0.320 e. The Hall–Kier alpha value is -1.53. The van der Waals surface area contributed by atoms with Crippen molar-refractivity contribution in [3.05, 3.63) is 52.6 Å². The number of rotatable bonds is 2. The molecule has 0 saturated heterocycles. The van der Waals surface area contributed by atoms with Crippen LogP contribution in [0, 0.1) is 5.92 Å². The predicted molar refractivity (Wildman–Crippen MR) is 93.2 cm³/mol. The molecular formula is C16H16BrN3OS. The number of benzene rings is 1. The molecule has 0 spiro atoms. The Bertz CT molecular complexity index is 680. The Morgan fingerprint density at radius 1 is 1.36 bits per heavy atom. The largest absolute Gasteiger partial charge is 0.331 e. The van der Waals surface area contributed by atoms with Crippen molar-refractivity contribution in [1.29, 1.82) is 0 Å². The number of aromatic nitrogens is 1. The van der Waals surface area contributed by atoms with E-state index >= 15 is 0 Å². The average Bonchev–Trinajstić information content (AvgIpc) is 2.51. The quantitative estimate of drug-likeness (QED) is 0.812. The molecule has 3 rings (SSSR count). The maximum absolute atomic E-state index is 12.2. The molecule has 22 heavy (non-hydrogen) atoms. The zero-order valence-corrected chi connectivity index (χ0v) is 14.4. The molecule has 2 unspecified atom stereocenters. The number of carbonyl (C=O) groups excluding carboxylic acids is 1. The zero-order chi connectivity index (χ0) is 15.5. The van der Waals surface area contributed by atoms with Crippen molar-refractivity contribution < 1.29 is 4.79 Å². The van der Waals surface area contributed by atoms with Crippen LogP contribution in [0.4, 0.5) is 10.6 Å². The molecule has 2 N–H and O–H groups in total. The molecule has 2 atom stereocenters. The fraction of sp³-hybridized carbons (Fsp3) is 0.250. The number of thioether (sulfide) groups is 1. The molecule has 0 saturated carbocycles. The first-order chi connectivity index (χ1) is 10.6. The molecule has 6 heteroatoms. The van der Waals surface area contributed by atoms with E-state index in [2.05, 4.69) is 50.6 Å². The monoisotopic (exact) mass is 377 g/mol. The predicted octanol–water partition coefficient (Wildman–Crippen LogP) is 4.45. The van der Waals surface area contributed by atoms with E-state index in [1.165, 1.54) is 4.90 Å². The topological polar surface area (TPSA) is 54.0 Å². The summed E-state index contributed by atoms with van der Waals surface area (Å²) in [5.74, 6) is 1.90. The van der Waals surface area contributed by atoms with E-state index in [-0.39, 0.29) is 12.1 Å². The molecule has 0 aliphatic carbocycles. The van der Waals surface area contributed by atoms with Crippen LogP contribution in [0.25, 0.3) is 0 Å². The van der Waals surface area contributed by atoms with Gasteiger partial charge in [-0.1, -0.05) is 28.9 Å². The van der Waals surface area contributed by atoms with E-state index in [4.69, 9.17) is 0 Å². The molecule has 2 amide bonds. The van der Waals surface area contributed by atoms with Gasteiger partial charge >= 0.3 is 6.03 Å². The third-order valence-electron chi connectivity index (χ3n) is 3.57. The van der Waals surface area contributed by atoms with Gasteiger partial charge in [0.15, 0.2) is 0 Å². The van der Waals surface area contributed by atoms with E-state index in [1.807, 2.05) is 30.0 Å². The van der Waals surface area contributed by atoms with Crippen molar-refractivity contribution in [2.75, 3.05) is 11.1 Å². The number of urea groups is 1. The van der Waals surface area contributed by atoms with Gasteiger partial charge in [0.1, 0.15) is 5.82 Å². The van der Waals surface area contributed by atoms with Crippen molar-refractivity contribution in [1.82, 2.24) is 10.3 Å². The molecule has 114 valence electrons. The molecular weight excluding hydrogens is 362 g/mol. The summed E-state index contributed by atoms with van der Waals surface area (Å²) < 4.78 is 1.03. The number of hydrogen-bond acceptors (Lipinski definition) is 3. The first-order valence-electron chi connectivity index (χ1n) is 7.04. The summed E-state index contributed by atoms with van der Waals surface area (Å²) in [5.41, 5.74) is 1.16. The molecule has 0 radical (unpaired) electrons. The van der Waals surface area contributed by atoms with Crippen LogP contribution in [0.3, 0.4) is 0 Å². The fourth-order valence-corrected chi connectivity index (χ4v) is 4.00. The van der Waals surface area contributed by atoms with Gasteiger partial charge in [-0.05, 0) is 41.8 Å². The zero-order valence-electron chi connectivity index (χ0n) is 12.0. The van der Waals surface area contributed by atoms with Crippen LogP contribution in [0.1, 0.15) is 18.5 Å². The normalized spacial score (nSPS) is 20.1. The minimum absolute atomic E-state index is 0.00235. The van der Waals surface area contributed by atoms with Crippen LogP contribution in [-0.2, 0) is 0 Å². The summed E-state index contributed by atoms with van der Waals surface area (Å²) in [6, 6.07) is 11.4. The Balaban J connectivity index is 1.77. The van der Waals surface area contributed by atoms with Gasteiger partial charge in [0, 0.05) is 21.3 Å². The van der Waals surface area contributed by atoms with Crippen LogP contribution in [-0.4, -0.2) is 16.8 Å². The second kappa shape index (κ2) is 6.71. The summed E-state index contributed by atoms with van der Waals surface area (Å²) in [6.07, 6.45) is 1.65. The van der Waals surface area contributed by atoms with E-state index < -0.39 is 0 Å². The first-order valence-corrected chi connectivity index (χ1v) is 8.82. The Morgan fingerprint density at radius 3 is 3.00 bits per heavy atom. The van der Waals surface area contributed by atoms with Crippen molar-refractivity contribution in [3.8, 4) is 0 Å². The summed E-state index contributed by atoms with van der Waals surface area (Å²) in [4.78, 5) is 17.6. The van der Waals surface area contributed by atoms with Crippen molar-refractivity contribution in [2.45, 2.75) is 17.9 Å². The highest BCUT2D eigenvalue weighted by atomic mass is 79.9. The van der Waals surface area contributed by atoms with Crippen molar-refractivity contribution in [2.24, 2.45) is 5.92 Å². The third kappa shape index (κ3) is 3.44. The van der Waals surface area contributed by atoms with Crippen LogP contribution < -0.4 is 10.6 Å².